The summed E-state index contributed by atoms with van der Waals surface area (Å²) in [7, 11) is -3.60. The van der Waals surface area contributed by atoms with Crippen molar-refractivity contribution in [1.82, 2.24) is 9.62 Å². The molecule has 1 aliphatic heterocycles. The van der Waals surface area contributed by atoms with Gasteiger partial charge in [-0.1, -0.05) is 26.8 Å². The number of sulfonamides is 1. The van der Waals surface area contributed by atoms with E-state index in [1.165, 1.54) is 4.31 Å². The van der Waals surface area contributed by atoms with Crippen LogP contribution in [0.4, 0.5) is 0 Å². The van der Waals surface area contributed by atoms with Gasteiger partial charge in [0.25, 0.3) is 0 Å². The van der Waals surface area contributed by atoms with Crippen molar-refractivity contribution in [2.24, 2.45) is 0 Å². The normalized spacial score (nSPS) is 17.7. The molecule has 0 atom stereocenters. The molecule has 0 unspecified atom stereocenters. The van der Waals surface area contributed by atoms with Gasteiger partial charge in [0, 0.05) is 26.1 Å². The van der Waals surface area contributed by atoms with E-state index in [0.29, 0.717) is 18.0 Å². The third-order valence-electron chi connectivity index (χ3n) is 4.38. The average Bonchev–Trinajstić information content (AvgIpc) is 2.65. The van der Waals surface area contributed by atoms with Crippen LogP contribution in [0.25, 0.3) is 0 Å². The molecule has 1 N–H and O–H groups in total. The second-order valence-electron chi connectivity index (χ2n) is 7.17. The van der Waals surface area contributed by atoms with Crippen molar-refractivity contribution in [1.29, 1.82) is 0 Å². The van der Waals surface area contributed by atoms with Gasteiger partial charge in [0.2, 0.25) is 15.9 Å². The molecule has 0 radical (unpaired) electrons. The van der Waals surface area contributed by atoms with Crippen molar-refractivity contribution in [3.05, 3.63) is 28.8 Å². The van der Waals surface area contributed by atoms with Gasteiger partial charge < -0.3 is 5.32 Å². The Morgan fingerprint density at radius 3 is 2.39 bits per heavy atom. The summed E-state index contributed by atoms with van der Waals surface area (Å²) in [5, 5.41) is 2.71. The summed E-state index contributed by atoms with van der Waals surface area (Å²) in [6.45, 7) is 10.9. The summed E-state index contributed by atoms with van der Waals surface area (Å²) in [5.41, 5.74) is 2.63. The van der Waals surface area contributed by atoms with Crippen LogP contribution in [0.15, 0.2) is 17.0 Å². The second kappa shape index (κ2) is 6.24. The molecule has 1 heterocycles. The first-order valence-electron chi connectivity index (χ1n) is 7.92. The summed E-state index contributed by atoms with van der Waals surface area (Å²) in [6, 6.07) is 3.85. The van der Waals surface area contributed by atoms with E-state index in [4.69, 9.17) is 0 Å². The highest BCUT2D eigenvalue weighted by Crippen LogP contribution is 2.30. The Bertz CT molecular complexity index is 718. The number of hydrogen-bond acceptors (Lipinski definition) is 3. The molecule has 1 aliphatic rings. The fourth-order valence-corrected chi connectivity index (χ4v) is 4.42. The Balaban J connectivity index is 2.51. The molecule has 23 heavy (non-hydrogen) atoms. The number of carbonyl (C=O) groups excluding carboxylic acids is 1. The highest BCUT2D eigenvalue weighted by molar-refractivity contribution is 7.89. The average molecular weight is 338 g/mol. The number of hydrogen-bond donors (Lipinski definition) is 1. The van der Waals surface area contributed by atoms with Crippen molar-refractivity contribution in [3.63, 3.8) is 0 Å². The Morgan fingerprint density at radius 2 is 1.78 bits per heavy atom. The number of aryl methyl sites for hydroxylation is 1. The van der Waals surface area contributed by atoms with Crippen LogP contribution in [0.3, 0.4) is 0 Å². The topological polar surface area (TPSA) is 66.5 Å². The number of nitrogens with zero attached hydrogens (tertiary/aromatic N) is 1. The predicted molar refractivity (Wildman–Crippen MR) is 91.0 cm³/mol. The third kappa shape index (κ3) is 3.75. The Kier molecular flexibility index (Phi) is 4.87. The highest BCUT2D eigenvalue weighted by atomic mass is 32.2. The van der Waals surface area contributed by atoms with E-state index in [-0.39, 0.29) is 24.3 Å². The van der Waals surface area contributed by atoms with Crippen molar-refractivity contribution in [3.8, 4) is 0 Å². The molecule has 1 amide bonds. The molecule has 0 aromatic heterocycles. The Labute approximate surface area is 139 Å². The molecule has 0 saturated carbocycles. The quantitative estimate of drug-likeness (QED) is 0.898. The van der Waals surface area contributed by atoms with Gasteiger partial charge in [0.15, 0.2) is 0 Å². The molecule has 1 fully saturated rings. The van der Waals surface area contributed by atoms with Crippen molar-refractivity contribution < 1.29 is 13.2 Å². The van der Waals surface area contributed by atoms with E-state index < -0.39 is 10.0 Å². The van der Waals surface area contributed by atoms with E-state index in [1.807, 2.05) is 13.8 Å². The number of carbonyl (C=O) groups is 1. The van der Waals surface area contributed by atoms with Crippen LogP contribution in [0, 0.1) is 13.8 Å². The van der Waals surface area contributed by atoms with Crippen LogP contribution >= 0.6 is 0 Å². The zero-order valence-electron chi connectivity index (χ0n) is 14.6. The van der Waals surface area contributed by atoms with Crippen molar-refractivity contribution in [2.75, 3.05) is 19.6 Å². The minimum Gasteiger partial charge on any atom is -0.355 e. The first-order valence-corrected chi connectivity index (χ1v) is 9.36. The maximum absolute atomic E-state index is 13.1. The monoisotopic (exact) mass is 338 g/mol. The van der Waals surface area contributed by atoms with Gasteiger partial charge in [-0.15, -0.1) is 0 Å². The van der Waals surface area contributed by atoms with Crippen LogP contribution in [0.5, 0.6) is 0 Å². The van der Waals surface area contributed by atoms with E-state index in [9.17, 15) is 13.2 Å². The van der Waals surface area contributed by atoms with Gasteiger partial charge in [0.1, 0.15) is 0 Å². The summed E-state index contributed by atoms with van der Waals surface area (Å²) < 4.78 is 27.6. The zero-order valence-corrected chi connectivity index (χ0v) is 15.4. The van der Waals surface area contributed by atoms with Gasteiger partial charge in [-0.25, -0.2) is 8.42 Å². The minimum absolute atomic E-state index is 0.0981. The molecular weight excluding hydrogens is 312 g/mol. The van der Waals surface area contributed by atoms with Crippen LogP contribution < -0.4 is 5.32 Å². The number of nitrogens with one attached hydrogen (secondary N) is 1. The molecule has 2 rings (SSSR count). The first kappa shape index (κ1) is 17.9. The van der Waals surface area contributed by atoms with Crippen molar-refractivity contribution in [2.45, 2.75) is 51.3 Å². The molecule has 0 bridgehead atoms. The fraction of sp³-hybridized carbons (Fsp3) is 0.588. The first-order chi connectivity index (χ1) is 10.5. The van der Waals surface area contributed by atoms with Crippen LogP contribution in [0.1, 0.15) is 43.9 Å². The molecule has 5 nitrogen and oxygen atoms in total. The van der Waals surface area contributed by atoms with Gasteiger partial charge >= 0.3 is 0 Å². The summed E-state index contributed by atoms with van der Waals surface area (Å²) in [5.74, 6) is -0.0981. The predicted octanol–water partition coefficient (Wildman–Crippen LogP) is 2.11. The maximum Gasteiger partial charge on any atom is 0.243 e. The summed E-state index contributed by atoms with van der Waals surface area (Å²) in [4.78, 5) is 11.8. The number of amides is 1. The van der Waals surface area contributed by atoms with Gasteiger partial charge in [-0.05, 0) is 42.0 Å². The lowest BCUT2D eigenvalue weighted by Crippen LogP contribution is -2.35. The van der Waals surface area contributed by atoms with Crippen LogP contribution in [-0.2, 0) is 20.2 Å². The maximum atomic E-state index is 13.1. The lowest BCUT2D eigenvalue weighted by atomic mass is 9.85. The standard InChI is InChI=1S/C17H26N2O3S/c1-12-10-14(17(3,4)5)11-15(13(12)2)23(21,22)19-8-6-16(20)18-7-9-19/h10-11H,6-9H2,1-5H3,(H,18,20). The molecule has 1 saturated heterocycles. The van der Waals surface area contributed by atoms with Gasteiger partial charge in [-0.3, -0.25) is 4.79 Å². The van der Waals surface area contributed by atoms with Crippen LogP contribution in [0.2, 0.25) is 0 Å². The number of rotatable bonds is 2. The lowest BCUT2D eigenvalue weighted by molar-refractivity contribution is -0.120. The smallest absolute Gasteiger partial charge is 0.243 e. The summed E-state index contributed by atoms with van der Waals surface area (Å²) >= 11 is 0. The highest BCUT2D eigenvalue weighted by Gasteiger charge is 2.30. The van der Waals surface area contributed by atoms with Crippen molar-refractivity contribution >= 4 is 15.9 Å². The largest absolute Gasteiger partial charge is 0.355 e. The molecular formula is C17H26N2O3S. The van der Waals surface area contributed by atoms with Gasteiger partial charge in [0.05, 0.1) is 4.90 Å². The second-order valence-corrected chi connectivity index (χ2v) is 9.08. The van der Waals surface area contributed by atoms with Crippen LogP contribution in [-0.4, -0.2) is 38.3 Å². The number of benzene rings is 1. The van der Waals surface area contributed by atoms with E-state index in [0.717, 1.165) is 16.7 Å². The van der Waals surface area contributed by atoms with E-state index >= 15 is 0 Å². The van der Waals surface area contributed by atoms with E-state index in [2.05, 4.69) is 32.2 Å². The Morgan fingerprint density at radius 1 is 1.13 bits per heavy atom. The Hall–Kier alpha value is -1.40. The molecule has 0 aliphatic carbocycles. The lowest BCUT2D eigenvalue weighted by Gasteiger charge is -2.25. The third-order valence-corrected chi connectivity index (χ3v) is 6.40. The molecule has 1 aromatic rings. The molecule has 0 spiro atoms. The minimum atomic E-state index is -3.60. The molecule has 1 aromatic carbocycles. The summed E-state index contributed by atoms with van der Waals surface area (Å²) in [6.07, 6.45) is 0.205. The van der Waals surface area contributed by atoms with Gasteiger partial charge in [-0.2, -0.15) is 4.31 Å². The van der Waals surface area contributed by atoms with E-state index in [1.54, 1.807) is 6.07 Å². The fourth-order valence-electron chi connectivity index (χ4n) is 2.65. The molecule has 128 valence electrons. The molecule has 6 heteroatoms. The zero-order chi connectivity index (χ0) is 17.4. The SMILES string of the molecule is Cc1cc(C(C)(C)C)cc(S(=O)(=O)N2CCNC(=O)CC2)c1C.